The molecule has 0 aromatic heterocycles. The van der Waals surface area contributed by atoms with Gasteiger partial charge in [-0.3, -0.25) is 4.79 Å². The normalized spacial score (nSPS) is 14.7. The highest BCUT2D eigenvalue weighted by Crippen LogP contribution is 2.23. The van der Waals surface area contributed by atoms with Gasteiger partial charge in [0.1, 0.15) is 0 Å². The van der Waals surface area contributed by atoms with Crippen LogP contribution in [0.25, 0.3) is 0 Å². The van der Waals surface area contributed by atoms with E-state index in [9.17, 15) is 4.79 Å². The second kappa shape index (κ2) is 6.00. The predicted molar refractivity (Wildman–Crippen MR) is 89.8 cm³/mol. The Morgan fingerprint density at radius 3 is 2.86 bits per heavy atom. The van der Waals surface area contributed by atoms with Crippen LogP contribution in [0.3, 0.4) is 0 Å². The molecule has 2 N–H and O–H groups in total. The summed E-state index contributed by atoms with van der Waals surface area (Å²) < 4.78 is 0. The van der Waals surface area contributed by atoms with Crippen LogP contribution in [0.1, 0.15) is 43.7 Å². The topological polar surface area (TPSA) is 41.1 Å². The number of hydrogen-bond acceptors (Lipinski definition) is 2. The Kier molecular flexibility index (Phi) is 3.91. The summed E-state index contributed by atoms with van der Waals surface area (Å²) in [6.45, 7) is 3.02. The molecule has 112 valence electrons. The third kappa shape index (κ3) is 3.07. The van der Waals surface area contributed by atoms with Gasteiger partial charge >= 0.3 is 0 Å². The van der Waals surface area contributed by atoms with E-state index >= 15 is 0 Å². The van der Waals surface area contributed by atoms with Gasteiger partial charge in [-0.2, -0.15) is 0 Å². The number of carbonyl (C=O) groups is 1. The molecule has 3 heteroatoms. The minimum absolute atomic E-state index is 0. The number of amides is 1. The molecule has 0 fully saturated rings. The second-order valence-electron chi connectivity index (χ2n) is 5.51. The van der Waals surface area contributed by atoms with Crippen LogP contribution in [0.15, 0.2) is 48.5 Å². The van der Waals surface area contributed by atoms with E-state index in [4.69, 9.17) is 0 Å². The highest BCUT2D eigenvalue weighted by atomic mass is 16.1. The number of hydrogen-bond donors (Lipinski definition) is 2. The molecule has 0 aliphatic carbocycles. The Morgan fingerprint density at radius 1 is 1.24 bits per heavy atom. The number of benzene rings is 2. The van der Waals surface area contributed by atoms with Crippen LogP contribution in [0.5, 0.6) is 0 Å². The molecular weight excluding hydrogens is 260 g/mol. The van der Waals surface area contributed by atoms with Gasteiger partial charge in [0.05, 0.1) is 6.04 Å². The first-order valence-corrected chi connectivity index (χ1v) is 7.46. The molecule has 1 amide bonds. The van der Waals surface area contributed by atoms with Crippen LogP contribution >= 0.6 is 0 Å². The van der Waals surface area contributed by atoms with Gasteiger partial charge in [-0.05, 0) is 49.1 Å². The van der Waals surface area contributed by atoms with Gasteiger partial charge in [0.2, 0.25) is 0 Å². The van der Waals surface area contributed by atoms with Crippen molar-refractivity contribution in [1.29, 1.82) is 0 Å². The zero-order valence-corrected chi connectivity index (χ0v) is 12.2. The zero-order chi connectivity index (χ0) is 14.7. The molecule has 0 saturated heterocycles. The van der Waals surface area contributed by atoms with Crippen molar-refractivity contribution in [3.63, 3.8) is 0 Å². The van der Waals surface area contributed by atoms with E-state index < -0.39 is 0 Å². The molecule has 0 saturated carbocycles. The van der Waals surface area contributed by atoms with Crippen molar-refractivity contribution in [2.75, 3.05) is 11.9 Å². The molecule has 2 aromatic carbocycles. The lowest BCUT2D eigenvalue weighted by Gasteiger charge is -2.19. The van der Waals surface area contributed by atoms with Gasteiger partial charge in [-0.1, -0.05) is 30.3 Å². The summed E-state index contributed by atoms with van der Waals surface area (Å²) in [5, 5.41) is 6.42. The van der Waals surface area contributed by atoms with E-state index in [-0.39, 0.29) is 14.8 Å². The summed E-state index contributed by atoms with van der Waals surface area (Å²) >= 11 is 0. The van der Waals surface area contributed by atoms with Gasteiger partial charge < -0.3 is 10.6 Å². The number of aryl methyl sites for hydroxylation is 1. The lowest BCUT2D eigenvalue weighted by molar-refractivity contribution is 0.0940. The van der Waals surface area contributed by atoms with Crippen LogP contribution in [-0.2, 0) is 6.42 Å². The number of rotatable bonds is 3. The molecule has 1 aliphatic heterocycles. The van der Waals surface area contributed by atoms with Crippen molar-refractivity contribution in [2.45, 2.75) is 25.8 Å². The van der Waals surface area contributed by atoms with Crippen molar-refractivity contribution < 1.29 is 7.65 Å². The second-order valence-corrected chi connectivity index (χ2v) is 5.51. The van der Waals surface area contributed by atoms with Gasteiger partial charge in [0.15, 0.2) is 0 Å². The summed E-state index contributed by atoms with van der Waals surface area (Å²) in [4.78, 5) is 12.4. The first-order valence-electron chi connectivity index (χ1n) is 7.46. The fourth-order valence-corrected chi connectivity index (χ4v) is 2.72. The maximum absolute atomic E-state index is 12.4. The van der Waals surface area contributed by atoms with Gasteiger partial charge in [-0.25, -0.2) is 0 Å². The van der Waals surface area contributed by atoms with Crippen LogP contribution in [0.2, 0.25) is 0 Å². The summed E-state index contributed by atoms with van der Waals surface area (Å²) in [6, 6.07) is 15.9. The maximum Gasteiger partial charge on any atom is 0.251 e. The average Bonchev–Trinajstić information content (AvgIpc) is 2.55. The van der Waals surface area contributed by atoms with E-state index in [1.807, 2.05) is 55.5 Å². The standard InChI is InChI=1S/C18H20N2O.2H2/c1-13(14-6-3-2-4-7-14)20-18(21)16-9-10-17-15(12-16)8-5-11-19-17;;/h2-4,6-7,9-10,12-13,19H,5,8,11H2,1H3,(H,20,21);2*1H/t13-;;/m0../s1. The lowest BCUT2D eigenvalue weighted by Crippen LogP contribution is -2.27. The number of anilines is 1. The Hall–Kier alpha value is -2.29. The van der Waals surface area contributed by atoms with E-state index in [1.54, 1.807) is 0 Å². The highest BCUT2D eigenvalue weighted by molar-refractivity contribution is 5.95. The number of fused-ring (bicyclic) bond motifs is 1. The molecule has 1 heterocycles. The molecule has 1 aliphatic rings. The van der Waals surface area contributed by atoms with Crippen molar-refractivity contribution in [3.05, 3.63) is 65.2 Å². The molecule has 1 atom stereocenters. The zero-order valence-electron chi connectivity index (χ0n) is 12.2. The largest absolute Gasteiger partial charge is 0.385 e. The Morgan fingerprint density at radius 2 is 2.05 bits per heavy atom. The average molecular weight is 284 g/mol. The molecule has 0 bridgehead atoms. The SMILES string of the molecule is C[C@H](NC(=O)c1ccc2c(c1)CCCN2)c1ccccc1.[HH].[HH]. The van der Waals surface area contributed by atoms with E-state index in [2.05, 4.69) is 10.6 Å². The molecular formula is C18H24N2O. The molecule has 0 spiro atoms. The quantitative estimate of drug-likeness (QED) is 0.893. The molecule has 3 rings (SSSR count). The minimum Gasteiger partial charge on any atom is -0.385 e. The fourth-order valence-electron chi connectivity index (χ4n) is 2.72. The van der Waals surface area contributed by atoms with Crippen LogP contribution in [0, 0.1) is 0 Å². The molecule has 2 aromatic rings. The summed E-state index contributed by atoms with van der Waals surface area (Å²) in [6.07, 6.45) is 2.16. The van der Waals surface area contributed by atoms with E-state index in [1.165, 1.54) is 5.56 Å². The fraction of sp³-hybridized carbons (Fsp3) is 0.278. The molecule has 0 radical (unpaired) electrons. The number of carbonyl (C=O) groups excluding carboxylic acids is 1. The van der Waals surface area contributed by atoms with Crippen LogP contribution < -0.4 is 10.6 Å². The molecule has 21 heavy (non-hydrogen) atoms. The van der Waals surface area contributed by atoms with Crippen LogP contribution in [0.4, 0.5) is 5.69 Å². The van der Waals surface area contributed by atoms with E-state index in [0.717, 1.165) is 36.2 Å². The monoisotopic (exact) mass is 284 g/mol. The Bertz CT molecular complexity index is 647. The summed E-state index contributed by atoms with van der Waals surface area (Å²) in [5.74, 6) is -0.0141. The predicted octanol–water partition coefficient (Wildman–Crippen LogP) is 4.03. The molecule has 0 unspecified atom stereocenters. The highest BCUT2D eigenvalue weighted by Gasteiger charge is 2.14. The van der Waals surface area contributed by atoms with Gasteiger partial charge in [-0.15, -0.1) is 0 Å². The summed E-state index contributed by atoms with van der Waals surface area (Å²) in [7, 11) is 0. The third-order valence-corrected chi connectivity index (χ3v) is 3.95. The Labute approximate surface area is 128 Å². The minimum atomic E-state index is -0.0141. The molecule has 3 nitrogen and oxygen atoms in total. The summed E-state index contributed by atoms with van der Waals surface area (Å²) in [5.41, 5.74) is 4.25. The van der Waals surface area contributed by atoms with Crippen molar-refractivity contribution in [2.24, 2.45) is 0 Å². The smallest absolute Gasteiger partial charge is 0.251 e. The van der Waals surface area contributed by atoms with E-state index in [0.29, 0.717) is 0 Å². The maximum atomic E-state index is 12.4. The first-order chi connectivity index (χ1) is 10.2. The van der Waals surface area contributed by atoms with Crippen molar-refractivity contribution in [1.82, 2.24) is 5.32 Å². The van der Waals surface area contributed by atoms with Gasteiger partial charge in [0, 0.05) is 20.6 Å². The van der Waals surface area contributed by atoms with Gasteiger partial charge in [0.25, 0.3) is 5.91 Å². The Balaban J connectivity index is 0.00000132. The third-order valence-electron chi connectivity index (χ3n) is 3.95. The lowest BCUT2D eigenvalue weighted by atomic mass is 10.00. The first kappa shape index (κ1) is 13.7. The number of nitrogens with one attached hydrogen (secondary N) is 2. The van der Waals surface area contributed by atoms with Crippen molar-refractivity contribution >= 4 is 11.6 Å². The van der Waals surface area contributed by atoms with Crippen LogP contribution in [-0.4, -0.2) is 12.5 Å². The van der Waals surface area contributed by atoms with Crippen molar-refractivity contribution in [3.8, 4) is 0 Å².